The summed E-state index contributed by atoms with van der Waals surface area (Å²) in [5.74, 6) is 0.817. The zero-order valence-corrected chi connectivity index (χ0v) is 12.1. The van der Waals surface area contributed by atoms with Crippen LogP contribution in [0.4, 0.5) is 5.69 Å². The predicted molar refractivity (Wildman–Crippen MR) is 81.2 cm³/mol. The SMILES string of the molecule is COc1ccc(C(C#N)Nc2ccc(Cl)cc2)cc1C. The average molecular weight is 287 g/mol. The summed E-state index contributed by atoms with van der Waals surface area (Å²) in [6, 6.07) is 14.8. The van der Waals surface area contributed by atoms with E-state index in [-0.39, 0.29) is 0 Å². The fourth-order valence-corrected chi connectivity index (χ4v) is 2.11. The van der Waals surface area contributed by atoms with E-state index in [0.717, 1.165) is 22.6 Å². The molecule has 3 nitrogen and oxygen atoms in total. The second kappa shape index (κ2) is 6.31. The van der Waals surface area contributed by atoms with E-state index in [1.807, 2.05) is 37.3 Å². The molecule has 1 atom stereocenters. The van der Waals surface area contributed by atoms with E-state index in [1.54, 1.807) is 19.2 Å². The highest BCUT2D eigenvalue weighted by atomic mass is 35.5. The maximum atomic E-state index is 9.34. The van der Waals surface area contributed by atoms with Gasteiger partial charge in [0.15, 0.2) is 0 Å². The summed E-state index contributed by atoms with van der Waals surface area (Å²) < 4.78 is 5.23. The van der Waals surface area contributed by atoms with E-state index in [4.69, 9.17) is 16.3 Å². The van der Waals surface area contributed by atoms with Gasteiger partial charge in [-0.2, -0.15) is 5.26 Å². The van der Waals surface area contributed by atoms with Crippen LogP contribution in [0.15, 0.2) is 42.5 Å². The van der Waals surface area contributed by atoms with Crippen molar-refractivity contribution in [2.75, 3.05) is 12.4 Å². The third-order valence-corrected chi connectivity index (χ3v) is 3.29. The molecule has 2 aromatic rings. The Balaban J connectivity index is 2.22. The van der Waals surface area contributed by atoms with Gasteiger partial charge in [0.2, 0.25) is 0 Å². The molecule has 0 saturated heterocycles. The molecule has 0 amide bonds. The minimum Gasteiger partial charge on any atom is -0.496 e. The van der Waals surface area contributed by atoms with Gasteiger partial charge in [-0.05, 0) is 54.4 Å². The number of benzene rings is 2. The molecule has 0 radical (unpaired) electrons. The Morgan fingerprint density at radius 3 is 2.45 bits per heavy atom. The van der Waals surface area contributed by atoms with E-state index >= 15 is 0 Å². The van der Waals surface area contributed by atoms with Crippen molar-refractivity contribution in [3.63, 3.8) is 0 Å². The minimum absolute atomic E-state index is 0.416. The maximum absolute atomic E-state index is 9.34. The number of halogens is 1. The standard InChI is InChI=1S/C16H15ClN2O/c1-11-9-12(3-8-16(11)20-2)15(10-18)19-14-6-4-13(17)5-7-14/h3-9,15,19H,1-2H3. The van der Waals surface area contributed by atoms with Crippen LogP contribution in [0.25, 0.3) is 0 Å². The van der Waals surface area contributed by atoms with Gasteiger partial charge in [0, 0.05) is 10.7 Å². The monoisotopic (exact) mass is 286 g/mol. The van der Waals surface area contributed by atoms with Crippen molar-refractivity contribution in [3.8, 4) is 11.8 Å². The van der Waals surface area contributed by atoms with Crippen LogP contribution in [0.2, 0.25) is 5.02 Å². The van der Waals surface area contributed by atoms with Crippen LogP contribution in [0, 0.1) is 18.3 Å². The number of anilines is 1. The van der Waals surface area contributed by atoms with Crippen LogP contribution in [-0.2, 0) is 0 Å². The van der Waals surface area contributed by atoms with Gasteiger partial charge in [-0.3, -0.25) is 0 Å². The summed E-state index contributed by atoms with van der Waals surface area (Å²) in [5.41, 5.74) is 2.76. The van der Waals surface area contributed by atoms with Gasteiger partial charge < -0.3 is 10.1 Å². The quantitative estimate of drug-likeness (QED) is 0.909. The van der Waals surface area contributed by atoms with Crippen LogP contribution in [0.1, 0.15) is 17.2 Å². The average Bonchev–Trinajstić information content (AvgIpc) is 2.46. The lowest BCUT2D eigenvalue weighted by Gasteiger charge is -2.15. The summed E-state index contributed by atoms with van der Waals surface area (Å²) in [4.78, 5) is 0. The molecule has 1 N–H and O–H groups in total. The zero-order chi connectivity index (χ0) is 14.5. The molecular formula is C16H15ClN2O. The van der Waals surface area contributed by atoms with Gasteiger partial charge in [0.05, 0.1) is 13.2 Å². The molecule has 0 spiro atoms. The number of nitriles is 1. The van der Waals surface area contributed by atoms with Crippen molar-refractivity contribution >= 4 is 17.3 Å². The van der Waals surface area contributed by atoms with Gasteiger partial charge in [0.25, 0.3) is 0 Å². The number of nitrogens with zero attached hydrogens (tertiary/aromatic N) is 1. The summed E-state index contributed by atoms with van der Waals surface area (Å²) >= 11 is 5.85. The smallest absolute Gasteiger partial charge is 0.140 e. The molecule has 0 aliphatic heterocycles. The normalized spacial score (nSPS) is 11.5. The third-order valence-electron chi connectivity index (χ3n) is 3.04. The first kappa shape index (κ1) is 14.2. The first-order valence-electron chi connectivity index (χ1n) is 6.20. The number of nitrogens with one attached hydrogen (secondary N) is 1. The van der Waals surface area contributed by atoms with E-state index in [9.17, 15) is 5.26 Å². The largest absolute Gasteiger partial charge is 0.496 e. The van der Waals surface area contributed by atoms with Crippen LogP contribution in [-0.4, -0.2) is 7.11 Å². The van der Waals surface area contributed by atoms with Gasteiger partial charge in [-0.15, -0.1) is 0 Å². The molecule has 102 valence electrons. The van der Waals surface area contributed by atoms with Gasteiger partial charge in [-0.1, -0.05) is 17.7 Å². The molecule has 0 bridgehead atoms. The van der Waals surface area contributed by atoms with Crippen LogP contribution < -0.4 is 10.1 Å². The highest BCUT2D eigenvalue weighted by Gasteiger charge is 2.11. The van der Waals surface area contributed by atoms with E-state index < -0.39 is 6.04 Å². The second-order valence-corrected chi connectivity index (χ2v) is 4.88. The number of ether oxygens (including phenoxy) is 1. The van der Waals surface area contributed by atoms with E-state index in [0.29, 0.717) is 5.02 Å². The minimum atomic E-state index is -0.416. The molecule has 0 aliphatic carbocycles. The van der Waals surface area contributed by atoms with Crippen LogP contribution in [0.5, 0.6) is 5.75 Å². The molecule has 1 unspecified atom stereocenters. The first-order valence-corrected chi connectivity index (χ1v) is 6.58. The first-order chi connectivity index (χ1) is 9.63. The van der Waals surface area contributed by atoms with Crippen LogP contribution >= 0.6 is 11.6 Å². The molecule has 0 heterocycles. The van der Waals surface area contributed by atoms with Crippen molar-refractivity contribution in [2.45, 2.75) is 13.0 Å². The molecule has 0 aliphatic rings. The Labute approximate surface area is 123 Å². The Morgan fingerprint density at radius 2 is 1.90 bits per heavy atom. The lowest BCUT2D eigenvalue weighted by atomic mass is 10.0. The summed E-state index contributed by atoms with van der Waals surface area (Å²) in [6.07, 6.45) is 0. The van der Waals surface area contributed by atoms with Gasteiger partial charge in [0.1, 0.15) is 11.8 Å². The van der Waals surface area contributed by atoms with Crippen molar-refractivity contribution < 1.29 is 4.74 Å². The summed E-state index contributed by atoms with van der Waals surface area (Å²) in [5, 5.41) is 13.2. The molecule has 2 aromatic carbocycles. The highest BCUT2D eigenvalue weighted by Crippen LogP contribution is 2.25. The fourth-order valence-electron chi connectivity index (χ4n) is 1.98. The van der Waals surface area contributed by atoms with Gasteiger partial charge >= 0.3 is 0 Å². The maximum Gasteiger partial charge on any atom is 0.140 e. The number of rotatable bonds is 4. The fraction of sp³-hybridized carbons (Fsp3) is 0.188. The van der Waals surface area contributed by atoms with Crippen molar-refractivity contribution in [1.29, 1.82) is 5.26 Å². The molecular weight excluding hydrogens is 272 g/mol. The molecule has 0 saturated carbocycles. The topological polar surface area (TPSA) is 45.0 Å². The van der Waals surface area contributed by atoms with Crippen molar-refractivity contribution in [2.24, 2.45) is 0 Å². The highest BCUT2D eigenvalue weighted by molar-refractivity contribution is 6.30. The Bertz CT molecular complexity index is 632. The third kappa shape index (κ3) is 3.23. The van der Waals surface area contributed by atoms with E-state index in [2.05, 4.69) is 11.4 Å². The number of methoxy groups -OCH3 is 1. The Kier molecular flexibility index (Phi) is 4.49. The Hall–Kier alpha value is -2.18. The van der Waals surface area contributed by atoms with E-state index in [1.165, 1.54) is 0 Å². The molecule has 0 aromatic heterocycles. The predicted octanol–water partition coefficient (Wildman–Crippen LogP) is 4.33. The molecule has 20 heavy (non-hydrogen) atoms. The summed E-state index contributed by atoms with van der Waals surface area (Å²) in [7, 11) is 1.63. The number of hydrogen-bond donors (Lipinski definition) is 1. The lowest BCUT2D eigenvalue weighted by molar-refractivity contribution is 0.411. The lowest BCUT2D eigenvalue weighted by Crippen LogP contribution is -2.08. The van der Waals surface area contributed by atoms with Crippen LogP contribution in [0.3, 0.4) is 0 Å². The molecule has 0 fully saturated rings. The summed E-state index contributed by atoms with van der Waals surface area (Å²) in [6.45, 7) is 1.96. The van der Waals surface area contributed by atoms with Crippen molar-refractivity contribution in [1.82, 2.24) is 0 Å². The second-order valence-electron chi connectivity index (χ2n) is 4.44. The number of aryl methyl sites for hydroxylation is 1. The van der Waals surface area contributed by atoms with Gasteiger partial charge in [-0.25, -0.2) is 0 Å². The number of hydrogen-bond acceptors (Lipinski definition) is 3. The Morgan fingerprint density at radius 1 is 1.20 bits per heavy atom. The molecule has 2 rings (SSSR count). The van der Waals surface area contributed by atoms with Crippen molar-refractivity contribution in [3.05, 3.63) is 58.6 Å². The molecule has 4 heteroatoms. The zero-order valence-electron chi connectivity index (χ0n) is 11.4.